The fourth-order valence-corrected chi connectivity index (χ4v) is 7.40. The summed E-state index contributed by atoms with van der Waals surface area (Å²) in [6.45, 7) is 11.8. The Labute approximate surface area is 253 Å². The number of benzene rings is 1. The first kappa shape index (κ1) is 27.7. The summed E-state index contributed by atoms with van der Waals surface area (Å²) in [6.07, 6.45) is 6.85. The van der Waals surface area contributed by atoms with Gasteiger partial charge in [-0.3, -0.25) is 9.97 Å². The normalized spacial score (nSPS) is 22.7. The lowest BCUT2D eigenvalue weighted by molar-refractivity contribution is 0.357. The fraction of sp³-hybridized carbons (Fsp3) is 0.364. The van der Waals surface area contributed by atoms with Crippen LogP contribution in [0.5, 0.6) is 0 Å². The van der Waals surface area contributed by atoms with Crippen LogP contribution in [0.2, 0.25) is 5.02 Å². The quantitative estimate of drug-likeness (QED) is 0.241. The second-order valence-electron chi connectivity index (χ2n) is 11.8. The molecule has 41 heavy (non-hydrogen) atoms. The Bertz CT molecular complexity index is 1530. The van der Waals surface area contributed by atoms with Crippen molar-refractivity contribution in [2.45, 2.75) is 52.7 Å². The average Bonchev–Trinajstić information content (AvgIpc) is 3.44. The monoisotopic (exact) mass is 584 g/mol. The van der Waals surface area contributed by atoms with Crippen molar-refractivity contribution in [3.8, 4) is 0 Å². The number of thiocarbonyl (C=S) groups is 1. The highest BCUT2D eigenvalue weighted by Crippen LogP contribution is 2.45. The van der Waals surface area contributed by atoms with Gasteiger partial charge in [0.05, 0.1) is 28.5 Å². The van der Waals surface area contributed by atoms with Crippen LogP contribution >= 0.6 is 23.8 Å². The maximum Gasteiger partial charge on any atom is 0.174 e. The van der Waals surface area contributed by atoms with Crippen molar-refractivity contribution in [2.75, 3.05) is 22.9 Å². The standard InChI is InChI=1S/C33H37ClN6S/c1-21-14-22(2)19-38(18-21)30-11-10-26(16-28(30)34)40-32(31(37-33(40)41)29-9-5-6-13-36-29)27-15-23(3)39(24(27)4)20-25-8-7-12-35-17-25/h5-13,15-17,21-22,31-32H,14,18-20H2,1-4H3,(H,37,41)/t21-,22+,31-,32-/m0/s1. The first-order valence-corrected chi connectivity index (χ1v) is 15.2. The van der Waals surface area contributed by atoms with E-state index in [1.54, 1.807) is 0 Å². The van der Waals surface area contributed by atoms with E-state index < -0.39 is 0 Å². The highest BCUT2D eigenvalue weighted by molar-refractivity contribution is 7.80. The Morgan fingerprint density at radius 1 is 1.00 bits per heavy atom. The SMILES string of the molecule is Cc1cc([C@H]2[C@H](c3ccccn3)NC(=S)N2c2ccc(N3C[C@H](C)C[C@H](C)C3)c(Cl)c2)c(C)n1Cc1cccnc1. The molecular weight excluding hydrogens is 548 g/mol. The maximum absolute atomic E-state index is 7.03. The molecular formula is C33H37ClN6S. The largest absolute Gasteiger partial charge is 0.370 e. The molecule has 0 unspecified atom stereocenters. The van der Waals surface area contributed by atoms with E-state index in [0.717, 1.165) is 41.7 Å². The number of aryl methyl sites for hydroxylation is 1. The third-order valence-electron chi connectivity index (χ3n) is 8.51. The van der Waals surface area contributed by atoms with Crippen molar-refractivity contribution in [1.29, 1.82) is 0 Å². The zero-order chi connectivity index (χ0) is 28.7. The zero-order valence-electron chi connectivity index (χ0n) is 24.1. The number of aromatic nitrogens is 3. The number of hydrogen-bond donors (Lipinski definition) is 1. The number of nitrogens with zero attached hydrogens (tertiary/aromatic N) is 5. The van der Waals surface area contributed by atoms with E-state index in [4.69, 9.17) is 28.8 Å². The third-order valence-corrected chi connectivity index (χ3v) is 9.13. The van der Waals surface area contributed by atoms with Crippen LogP contribution in [-0.4, -0.2) is 32.7 Å². The highest BCUT2D eigenvalue weighted by atomic mass is 35.5. The third kappa shape index (κ3) is 5.45. The van der Waals surface area contributed by atoms with Crippen LogP contribution in [0.15, 0.2) is 73.2 Å². The molecule has 0 radical (unpaired) electrons. The molecule has 8 heteroatoms. The summed E-state index contributed by atoms with van der Waals surface area (Å²) in [4.78, 5) is 13.7. The van der Waals surface area contributed by atoms with Gasteiger partial charge in [0.15, 0.2) is 5.11 Å². The molecule has 1 N–H and O–H groups in total. The van der Waals surface area contributed by atoms with Gasteiger partial charge in [-0.25, -0.2) is 0 Å². The van der Waals surface area contributed by atoms with Crippen LogP contribution in [0.3, 0.4) is 0 Å². The summed E-state index contributed by atoms with van der Waals surface area (Å²) in [5, 5.41) is 5.04. The predicted octanol–water partition coefficient (Wildman–Crippen LogP) is 7.26. The zero-order valence-corrected chi connectivity index (χ0v) is 25.7. The Morgan fingerprint density at radius 2 is 1.80 bits per heavy atom. The van der Waals surface area contributed by atoms with Gasteiger partial charge in [0.2, 0.25) is 0 Å². The number of halogens is 1. The minimum absolute atomic E-state index is 0.0943. The molecule has 0 spiro atoms. The summed E-state index contributed by atoms with van der Waals surface area (Å²) < 4.78 is 2.36. The summed E-state index contributed by atoms with van der Waals surface area (Å²) in [7, 11) is 0. The fourth-order valence-electron chi connectivity index (χ4n) is 6.76. The van der Waals surface area contributed by atoms with Crippen molar-refractivity contribution >= 4 is 40.3 Å². The number of piperidine rings is 1. The van der Waals surface area contributed by atoms with Crippen molar-refractivity contribution in [3.05, 3.63) is 106 Å². The second-order valence-corrected chi connectivity index (χ2v) is 12.6. The summed E-state index contributed by atoms with van der Waals surface area (Å²) >= 11 is 13.0. The van der Waals surface area contributed by atoms with Crippen LogP contribution in [0.4, 0.5) is 11.4 Å². The van der Waals surface area contributed by atoms with Crippen molar-refractivity contribution in [3.63, 3.8) is 0 Å². The molecule has 1 aromatic carbocycles. The first-order valence-electron chi connectivity index (χ1n) is 14.4. The van der Waals surface area contributed by atoms with E-state index >= 15 is 0 Å². The van der Waals surface area contributed by atoms with Crippen LogP contribution in [0.25, 0.3) is 0 Å². The number of anilines is 2. The van der Waals surface area contributed by atoms with Gasteiger partial charge in [-0.15, -0.1) is 0 Å². The molecule has 0 bridgehead atoms. The molecule has 2 aliphatic heterocycles. The van der Waals surface area contributed by atoms with Crippen LogP contribution in [0.1, 0.15) is 60.6 Å². The van der Waals surface area contributed by atoms with Crippen molar-refractivity contribution < 1.29 is 0 Å². The first-order chi connectivity index (χ1) is 19.8. The topological polar surface area (TPSA) is 49.2 Å². The predicted molar refractivity (Wildman–Crippen MR) is 172 cm³/mol. The van der Waals surface area contributed by atoms with Crippen LogP contribution in [-0.2, 0) is 6.54 Å². The summed E-state index contributed by atoms with van der Waals surface area (Å²) in [5.41, 5.74) is 7.82. The molecule has 4 atom stereocenters. The number of rotatable bonds is 6. The van der Waals surface area contributed by atoms with Gasteiger partial charge < -0.3 is 19.7 Å². The minimum Gasteiger partial charge on any atom is -0.370 e. The molecule has 2 aliphatic rings. The van der Waals surface area contributed by atoms with E-state index in [1.807, 2.05) is 36.8 Å². The lowest BCUT2D eigenvalue weighted by Gasteiger charge is -2.37. The molecule has 0 amide bonds. The molecule has 6 rings (SSSR count). The molecule has 4 aromatic rings. The van der Waals surface area contributed by atoms with E-state index in [-0.39, 0.29) is 12.1 Å². The van der Waals surface area contributed by atoms with Gasteiger partial charge in [0, 0.05) is 55.3 Å². The smallest absolute Gasteiger partial charge is 0.174 e. The van der Waals surface area contributed by atoms with E-state index in [1.165, 1.54) is 28.9 Å². The van der Waals surface area contributed by atoms with Gasteiger partial charge in [0.25, 0.3) is 0 Å². The summed E-state index contributed by atoms with van der Waals surface area (Å²) in [5.74, 6) is 1.30. The second kappa shape index (κ2) is 11.5. The Balaban J connectivity index is 1.40. The molecule has 2 fully saturated rings. The van der Waals surface area contributed by atoms with Gasteiger partial charge in [-0.2, -0.15) is 0 Å². The lowest BCUT2D eigenvalue weighted by Crippen LogP contribution is -2.38. The van der Waals surface area contributed by atoms with Crippen molar-refractivity contribution in [2.24, 2.45) is 11.8 Å². The number of pyridine rings is 2. The van der Waals surface area contributed by atoms with Gasteiger partial charge in [-0.1, -0.05) is 37.6 Å². The molecule has 0 aliphatic carbocycles. The number of nitrogens with one attached hydrogen (secondary N) is 1. The molecule has 3 aromatic heterocycles. The molecule has 0 saturated carbocycles. The average molecular weight is 585 g/mol. The Morgan fingerprint density at radius 3 is 2.49 bits per heavy atom. The van der Waals surface area contributed by atoms with Gasteiger partial charge in [-0.05, 0) is 97.9 Å². The Hall–Kier alpha value is -3.42. The highest BCUT2D eigenvalue weighted by Gasteiger charge is 2.42. The van der Waals surface area contributed by atoms with Gasteiger partial charge in [0.1, 0.15) is 0 Å². The molecule has 212 valence electrons. The lowest BCUT2D eigenvalue weighted by atomic mass is 9.91. The van der Waals surface area contributed by atoms with E-state index in [9.17, 15) is 0 Å². The molecule has 2 saturated heterocycles. The van der Waals surface area contributed by atoms with Crippen LogP contribution in [0, 0.1) is 25.7 Å². The van der Waals surface area contributed by atoms with Gasteiger partial charge >= 0.3 is 0 Å². The van der Waals surface area contributed by atoms with E-state index in [2.05, 4.69) is 88.8 Å². The molecule has 5 heterocycles. The maximum atomic E-state index is 7.03. The minimum atomic E-state index is -0.113. The van der Waals surface area contributed by atoms with E-state index in [0.29, 0.717) is 16.9 Å². The Kier molecular flexibility index (Phi) is 7.75. The molecule has 6 nitrogen and oxygen atoms in total. The van der Waals surface area contributed by atoms with Crippen LogP contribution < -0.4 is 15.1 Å². The van der Waals surface area contributed by atoms with Crippen molar-refractivity contribution in [1.82, 2.24) is 19.9 Å². The number of hydrogen-bond acceptors (Lipinski definition) is 4. The summed E-state index contributed by atoms with van der Waals surface area (Å²) in [6, 6.07) is 18.7.